The molecule has 4 heteroatoms. The van der Waals surface area contributed by atoms with Crippen molar-refractivity contribution in [2.75, 3.05) is 13.2 Å². The zero-order chi connectivity index (χ0) is 33.7. The van der Waals surface area contributed by atoms with Crippen LogP contribution in [0.25, 0.3) is 0 Å². The lowest BCUT2D eigenvalue weighted by Gasteiger charge is -2.27. The first-order valence-corrected chi connectivity index (χ1v) is 17.1. The molecule has 4 nitrogen and oxygen atoms in total. The summed E-state index contributed by atoms with van der Waals surface area (Å²) in [5, 5.41) is 0. The first-order valence-electron chi connectivity index (χ1n) is 17.1. The van der Waals surface area contributed by atoms with Crippen LogP contribution in [0, 0.1) is 5.92 Å². The topological polar surface area (TPSA) is 38.8 Å². The Morgan fingerprint density at radius 2 is 1.56 bits per heavy atom. The van der Waals surface area contributed by atoms with E-state index in [2.05, 4.69) is 37.6 Å². The van der Waals surface area contributed by atoms with Crippen LogP contribution in [-0.4, -0.2) is 23.8 Å². The Morgan fingerprint density at radius 3 is 2.09 bits per heavy atom. The van der Waals surface area contributed by atoms with Gasteiger partial charge in [0.15, 0.2) is 11.5 Å². The molecule has 0 saturated heterocycles. The quantitative estimate of drug-likeness (QED) is 0.111. The van der Waals surface area contributed by atoms with Gasteiger partial charge in [0.2, 0.25) is 0 Å². The molecule has 0 atom stereocenters. The molecule has 250 valence electrons. The average Bonchev–Trinajstić information content (AvgIpc) is 3.02. The van der Waals surface area contributed by atoms with Crippen molar-refractivity contribution in [1.29, 1.82) is 0 Å². The largest absolute Gasteiger partial charge is 0.488 e. The first kappa shape index (κ1) is 41.5. The third kappa shape index (κ3) is 20.2. The van der Waals surface area contributed by atoms with Crippen molar-refractivity contribution >= 4 is 5.78 Å². The number of hydrogen-bond donors (Lipinski definition) is 0. The van der Waals surface area contributed by atoms with Crippen LogP contribution >= 0.6 is 0 Å². The summed E-state index contributed by atoms with van der Waals surface area (Å²) in [5.41, 5.74) is 1.97. The lowest BCUT2D eigenvalue weighted by molar-refractivity contribution is -0.117. The van der Waals surface area contributed by atoms with Gasteiger partial charge in [0.1, 0.15) is 11.5 Å². The molecule has 0 unspecified atom stereocenters. The predicted molar refractivity (Wildman–Crippen MR) is 196 cm³/mol. The molecule has 2 saturated carbocycles. The fraction of sp³-hybridized carbons (Fsp3) is 0.488. The molecule has 2 aliphatic rings. The zero-order valence-corrected chi connectivity index (χ0v) is 29.5. The molecule has 0 spiro atoms. The van der Waals surface area contributed by atoms with Gasteiger partial charge in [-0.2, -0.15) is 0 Å². The lowest BCUT2D eigenvalue weighted by Crippen LogP contribution is -2.24. The van der Waals surface area contributed by atoms with E-state index in [1.807, 2.05) is 70.2 Å². The Hall–Kier alpha value is -3.53. The SMILES string of the molecule is C1CCC1.C=C/C=C\C(=C)Oc1cccc(CN(CC)/C(C)=C(\OCCC2CCCCC2)C(C)=O)c1.C=C/C=C\C=C/C.CC. The van der Waals surface area contributed by atoms with E-state index in [0.717, 1.165) is 35.9 Å². The summed E-state index contributed by atoms with van der Waals surface area (Å²) in [6.45, 7) is 24.7. The number of Topliss-reactive ketones (excluding diaryl/α,β-unsaturated/α-hetero) is 1. The van der Waals surface area contributed by atoms with Gasteiger partial charge in [-0.15, -0.1) is 0 Å². The molecular formula is C41H63NO3. The van der Waals surface area contributed by atoms with E-state index in [9.17, 15) is 4.79 Å². The van der Waals surface area contributed by atoms with Crippen LogP contribution in [0.5, 0.6) is 5.75 Å². The number of hydrogen-bond acceptors (Lipinski definition) is 4. The van der Waals surface area contributed by atoms with Crippen molar-refractivity contribution in [3.05, 3.63) is 115 Å². The van der Waals surface area contributed by atoms with Gasteiger partial charge in [-0.05, 0) is 56.9 Å². The molecule has 0 aliphatic heterocycles. The van der Waals surface area contributed by atoms with Crippen LogP contribution in [-0.2, 0) is 16.1 Å². The maximum absolute atomic E-state index is 12.3. The van der Waals surface area contributed by atoms with Crippen molar-refractivity contribution in [3.8, 4) is 5.75 Å². The van der Waals surface area contributed by atoms with Gasteiger partial charge >= 0.3 is 0 Å². The predicted octanol–water partition coefficient (Wildman–Crippen LogP) is 11.8. The van der Waals surface area contributed by atoms with Crippen molar-refractivity contribution in [1.82, 2.24) is 4.90 Å². The number of allylic oxidation sites excluding steroid dienone is 10. The highest BCUT2D eigenvalue weighted by atomic mass is 16.5. The summed E-state index contributed by atoms with van der Waals surface area (Å²) in [5.74, 6) is 2.48. The van der Waals surface area contributed by atoms with E-state index in [0.29, 0.717) is 24.7 Å². The van der Waals surface area contributed by atoms with Crippen molar-refractivity contribution in [2.45, 2.75) is 112 Å². The summed E-state index contributed by atoms with van der Waals surface area (Å²) < 4.78 is 11.8. The number of nitrogens with zero attached hydrogens (tertiary/aromatic N) is 1. The third-order valence-corrected chi connectivity index (χ3v) is 7.49. The summed E-state index contributed by atoms with van der Waals surface area (Å²) in [7, 11) is 0. The second kappa shape index (κ2) is 28.0. The van der Waals surface area contributed by atoms with Crippen molar-refractivity contribution in [2.24, 2.45) is 5.92 Å². The van der Waals surface area contributed by atoms with E-state index in [1.165, 1.54) is 57.8 Å². The molecule has 0 bridgehead atoms. The average molecular weight is 618 g/mol. The summed E-state index contributed by atoms with van der Waals surface area (Å²) in [6.07, 6.45) is 28.4. The minimum atomic E-state index is -0.0213. The van der Waals surface area contributed by atoms with E-state index in [4.69, 9.17) is 9.47 Å². The molecule has 1 aromatic rings. The smallest absolute Gasteiger partial charge is 0.196 e. The van der Waals surface area contributed by atoms with Crippen molar-refractivity contribution < 1.29 is 14.3 Å². The Morgan fingerprint density at radius 1 is 0.933 bits per heavy atom. The van der Waals surface area contributed by atoms with E-state index in [-0.39, 0.29) is 5.78 Å². The molecule has 2 fully saturated rings. The molecular weight excluding hydrogens is 554 g/mol. The molecule has 0 N–H and O–H groups in total. The highest BCUT2D eigenvalue weighted by Crippen LogP contribution is 2.27. The van der Waals surface area contributed by atoms with Crippen LogP contribution < -0.4 is 4.74 Å². The minimum Gasteiger partial charge on any atom is -0.488 e. The number of carbonyl (C=O) groups is 1. The minimum absolute atomic E-state index is 0.0213. The van der Waals surface area contributed by atoms with Gasteiger partial charge in [0, 0.05) is 20.0 Å². The Labute approximate surface area is 277 Å². The van der Waals surface area contributed by atoms with Crippen LogP contribution in [0.3, 0.4) is 0 Å². The Balaban J connectivity index is 0.00000124. The molecule has 45 heavy (non-hydrogen) atoms. The monoisotopic (exact) mass is 617 g/mol. The first-order chi connectivity index (χ1) is 21.9. The van der Waals surface area contributed by atoms with E-state index >= 15 is 0 Å². The molecule has 2 aliphatic carbocycles. The third-order valence-electron chi connectivity index (χ3n) is 7.49. The van der Waals surface area contributed by atoms with Crippen LogP contribution in [0.15, 0.2) is 110 Å². The lowest BCUT2D eigenvalue weighted by atomic mass is 9.87. The second-order valence-corrected chi connectivity index (χ2v) is 11.0. The summed E-state index contributed by atoms with van der Waals surface area (Å²) in [4.78, 5) is 14.5. The van der Waals surface area contributed by atoms with Gasteiger partial charge in [0.05, 0.1) is 12.3 Å². The number of ketones is 1. The zero-order valence-electron chi connectivity index (χ0n) is 29.5. The van der Waals surface area contributed by atoms with Gasteiger partial charge in [-0.25, -0.2) is 0 Å². The van der Waals surface area contributed by atoms with Gasteiger partial charge < -0.3 is 14.4 Å². The van der Waals surface area contributed by atoms with E-state index < -0.39 is 0 Å². The van der Waals surface area contributed by atoms with Gasteiger partial charge in [-0.1, -0.05) is 146 Å². The van der Waals surface area contributed by atoms with Crippen LogP contribution in [0.1, 0.15) is 111 Å². The molecule has 0 aromatic heterocycles. The van der Waals surface area contributed by atoms with Crippen LogP contribution in [0.2, 0.25) is 0 Å². The fourth-order valence-electron chi connectivity index (χ4n) is 4.67. The van der Waals surface area contributed by atoms with Crippen molar-refractivity contribution in [3.63, 3.8) is 0 Å². The highest BCUT2D eigenvalue weighted by molar-refractivity contribution is 5.91. The summed E-state index contributed by atoms with van der Waals surface area (Å²) >= 11 is 0. The molecule has 0 amide bonds. The number of benzene rings is 1. The summed E-state index contributed by atoms with van der Waals surface area (Å²) in [6, 6.07) is 7.93. The Bertz CT molecular complexity index is 1080. The second-order valence-electron chi connectivity index (χ2n) is 11.0. The molecule has 0 radical (unpaired) electrons. The van der Waals surface area contributed by atoms with E-state index in [1.54, 1.807) is 31.2 Å². The maximum Gasteiger partial charge on any atom is 0.196 e. The normalized spacial score (nSPS) is 14.8. The van der Waals surface area contributed by atoms with Gasteiger partial charge in [-0.3, -0.25) is 4.79 Å². The van der Waals surface area contributed by atoms with Gasteiger partial charge in [0.25, 0.3) is 0 Å². The molecule has 3 rings (SSSR count). The standard InChI is InChI=1S/C28H39NO3.C7H10.C4H8.C2H6/c1-6-8-13-22(3)32-27-17-12-16-26(20-27)21-29(7-2)23(4)28(24(5)30)31-19-18-25-14-10-9-11-15-25;1-3-5-7-6-4-2;1-2-4-3-1;1-2/h6,8,12-13,16-17,20,25H,1,3,7,9-11,14-15,18-19,21H2,2,4-5H3;3-7H,1H2,2H3;1-4H2;1-2H3/b13-8-,28-23-;6-4-,7-5-;;. The fourth-order valence-corrected chi connectivity index (χ4v) is 4.67. The maximum atomic E-state index is 12.3. The molecule has 1 aromatic carbocycles. The Kier molecular flexibility index (Phi) is 25.8. The number of ether oxygens (including phenoxy) is 2. The highest BCUT2D eigenvalue weighted by Gasteiger charge is 2.18. The number of carbonyl (C=O) groups excluding carboxylic acids is 1. The molecule has 0 heterocycles. The number of rotatable bonds is 15. The van der Waals surface area contributed by atoms with Crippen LogP contribution in [0.4, 0.5) is 0 Å².